The van der Waals surface area contributed by atoms with E-state index < -0.39 is 0 Å². The number of aryl methyl sites for hydroxylation is 1. The van der Waals surface area contributed by atoms with Crippen molar-refractivity contribution in [2.45, 2.75) is 20.0 Å². The number of aromatic nitrogens is 1. The highest BCUT2D eigenvalue weighted by atomic mass is 16.2. The maximum atomic E-state index is 12.7. The molecule has 2 heterocycles. The molecule has 0 atom stereocenters. The number of hydrogen-bond donors (Lipinski definition) is 1. The summed E-state index contributed by atoms with van der Waals surface area (Å²) in [7, 11) is 0. The summed E-state index contributed by atoms with van der Waals surface area (Å²) in [4.78, 5) is 26.2. The number of urea groups is 1. The molecule has 1 aliphatic rings. The first-order chi connectivity index (χ1) is 12.7. The number of rotatable bonds is 4. The number of carbonyl (C=O) groups excluding carboxylic acids is 2. The van der Waals surface area contributed by atoms with Gasteiger partial charge < -0.3 is 9.88 Å². The summed E-state index contributed by atoms with van der Waals surface area (Å²) in [6, 6.07) is 17.2. The number of benzene rings is 2. The Morgan fingerprint density at radius 3 is 2.50 bits per heavy atom. The molecule has 1 saturated heterocycles. The van der Waals surface area contributed by atoms with Gasteiger partial charge in [-0.05, 0) is 24.6 Å². The molecule has 1 aliphatic heterocycles. The molecule has 26 heavy (non-hydrogen) atoms. The van der Waals surface area contributed by atoms with Crippen LogP contribution in [0.1, 0.15) is 18.1 Å². The lowest BCUT2D eigenvalue weighted by Crippen LogP contribution is -2.30. The third-order valence-electron chi connectivity index (χ3n) is 4.61. The van der Waals surface area contributed by atoms with Crippen LogP contribution >= 0.6 is 0 Å². The first kappa shape index (κ1) is 16.1. The molecule has 0 saturated carbocycles. The van der Waals surface area contributed by atoms with Gasteiger partial charge in [-0.1, -0.05) is 48.5 Å². The number of carbonyl (C=O) groups is 2. The minimum Gasteiger partial charge on any atom is -0.347 e. The quantitative estimate of drug-likeness (QED) is 0.578. The standard InChI is InChI=1S/C21H19N3O2/c1-2-23-14-16(17-10-6-7-11-19(17)23)12-18-20(25)24(21(26)22-18)13-15-8-4-3-5-9-15/h3-12,14H,2,13H2,1H3,(H,22,26). The Kier molecular flexibility index (Phi) is 4.05. The second kappa shape index (κ2) is 6.52. The third-order valence-corrected chi connectivity index (χ3v) is 4.61. The molecule has 1 fully saturated rings. The van der Waals surface area contributed by atoms with E-state index in [1.165, 1.54) is 4.90 Å². The van der Waals surface area contributed by atoms with Crippen LogP contribution in [0.25, 0.3) is 17.0 Å². The van der Waals surface area contributed by atoms with E-state index in [0.717, 1.165) is 28.6 Å². The summed E-state index contributed by atoms with van der Waals surface area (Å²) in [5.41, 5.74) is 3.26. The van der Waals surface area contributed by atoms with Crippen LogP contribution in [0, 0.1) is 0 Å². The zero-order valence-corrected chi connectivity index (χ0v) is 14.5. The lowest BCUT2D eigenvalue weighted by molar-refractivity contribution is -0.123. The molecule has 0 bridgehead atoms. The molecule has 0 aliphatic carbocycles. The van der Waals surface area contributed by atoms with E-state index in [9.17, 15) is 9.59 Å². The Balaban J connectivity index is 1.67. The summed E-state index contributed by atoms with van der Waals surface area (Å²) in [5, 5.41) is 3.76. The predicted octanol–water partition coefficient (Wildman–Crippen LogP) is 3.75. The van der Waals surface area contributed by atoms with Crippen molar-refractivity contribution in [1.82, 2.24) is 14.8 Å². The van der Waals surface area contributed by atoms with Gasteiger partial charge in [0.25, 0.3) is 5.91 Å². The molecule has 2 aromatic carbocycles. The Labute approximate surface area is 151 Å². The van der Waals surface area contributed by atoms with Gasteiger partial charge in [0.2, 0.25) is 0 Å². The van der Waals surface area contributed by atoms with Crippen LogP contribution in [0.15, 0.2) is 66.5 Å². The SMILES string of the molecule is CCn1cc(C=C2NC(=O)N(Cc3ccccc3)C2=O)c2ccccc21. The number of nitrogens with one attached hydrogen (secondary N) is 1. The third kappa shape index (κ3) is 2.77. The lowest BCUT2D eigenvalue weighted by Gasteiger charge is -2.11. The smallest absolute Gasteiger partial charge is 0.329 e. The van der Waals surface area contributed by atoms with Gasteiger partial charge in [0, 0.05) is 29.2 Å². The van der Waals surface area contributed by atoms with Crippen LogP contribution in [-0.4, -0.2) is 21.4 Å². The van der Waals surface area contributed by atoms with E-state index in [1.54, 1.807) is 6.08 Å². The number of hydrogen-bond acceptors (Lipinski definition) is 2. The molecule has 0 spiro atoms. The summed E-state index contributed by atoms with van der Waals surface area (Å²) in [6.07, 6.45) is 3.77. The van der Waals surface area contributed by atoms with Crippen molar-refractivity contribution < 1.29 is 9.59 Å². The second-order valence-electron chi connectivity index (χ2n) is 6.25. The normalized spacial score (nSPS) is 15.9. The van der Waals surface area contributed by atoms with E-state index in [-0.39, 0.29) is 18.5 Å². The highest BCUT2D eigenvalue weighted by molar-refractivity contribution is 6.14. The summed E-state index contributed by atoms with van der Waals surface area (Å²) < 4.78 is 2.13. The highest BCUT2D eigenvalue weighted by Crippen LogP contribution is 2.25. The summed E-state index contributed by atoms with van der Waals surface area (Å²) in [6.45, 7) is 3.18. The van der Waals surface area contributed by atoms with E-state index in [4.69, 9.17) is 0 Å². The Bertz CT molecular complexity index is 1020. The van der Waals surface area contributed by atoms with Crippen LogP contribution in [0.2, 0.25) is 0 Å². The molecule has 1 aromatic heterocycles. The molecule has 0 radical (unpaired) electrons. The molecule has 4 rings (SSSR count). The van der Waals surface area contributed by atoms with Crippen LogP contribution in [0.5, 0.6) is 0 Å². The van der Waals surface area contributed by atoms with Crippen molar-refractivity contribution in [1.29, 1.82) is 0 Å². The molecular formula is C21H19N3O2. The average molecular weight is 345 g/mol. The van der Waals surface area contributed by atoms with Gasteiger partial charge in [0.05, 0.1) is 6.54 Å². The van der Waals surface area contributed by atoms with Gasteiger partial charge in [-0.15, -0.1) is 0 Å². The number of amides is 3. The van der Waals surface area contributed by atoms with E-state index in [1.807, 2.05) is 54.7 Å². The van der Waals surface area contributed by atoms with Crippen LogP contribution in [-0.2, 0) is 17.9 Å². The summed E-state index contributed by atoms with van der Waals surface area (Å²) in [5.74, 6) is -0.299. The fourth-order valence-corrected chi connectivity index (χ4v) is 3.29. The van der Waals surface area contributed by atoms with E-state index >= 15 is 0 Å². The zero-order valence-electron chi connectivity index (χ0n) is 14.5. The van der Waals surface area contributed by atoms with Crippen LogP contribution in [0.3, 0.4) is 0 Å². The Morgan fingerprint density at radius 2 is 1.73 bits per heavy atom. The molecule has 5 nitrogen and oxygen atoms in total. The van der Waals surface area contributed by atoms with Crippen molar-refractivity contribution in [3.8, 4) is 0 Å². The fraction of sp³-hybridized carbons (Fsp3) is 0.143. The van der Waals surface area contributed by atoms with Crippen molar-refractivity contribution in [3.05, 3.63) is 77.6 Å². The maximum absolute atomic E-state index is 12.7. The predicted molar refractivity (Wildman–Crippen MR) is 101 cm³/mol. The number of nitrogens with zero attached hydrogens (tertiary/aromatic N) is 2. The van der Waals surface area contributed by atoms with E-state index in [0.29, 0.717) is 5.70 Å². The van der Waals surface area contributed by atoms with Gasteiger partial charge >= 0.3 is 6.03 Å². The maximum Gasteiger partial charge on any atom is 0.329 e. The summed E-state index contributed by atoms with van der Waals surface area (Å²) >= 11 is 0. The number of fused-ring (bicyclic) bond motifs is 1. The van der Waals surface area contributed by atoms with Crippen molar-refractivity contribution >= 4 is 28.9 Å². The van der Waals surface area contributed by atoms with Crippen molar-refractivity contribution in [2.75, 3.05) is 0 Å². The molecular weight excluding hydrogens is 326 g/mol. The number of imide groups is 1. The molecule has 3 amide bonds. The molecule has 1 N–H and O–H groups in total. The first-order valence-corrected chi connectivity index (χ1v) is 8.63. The van der Waals surface area contributed by atoms with E-state index in [2.05, 4.69) is 22.9 Å². The highest BCUT2D eigenvalue weighted by Gasteiger charge is 2.33. The van der Waals surface area contributed by atoms with Gasteiger partial charge in [0.1, 0.15) is 5.70 Å². The van der Waals surface area contributed by atoms with Gasteiger partial charge in [-0.3, -0.25) is 9.69 Å². The van der Waals surface area contributed by atoms with Crippen LogP contribution < -0.4 is 5.32 Å². The largest absolute Gasteiger partial charge is 0.347 e. The van der Waals surface area contributed by atoms with Crippen LogP contribution in [0.4, 0.5) is 4.79 Å². The van der Waals surface area contributed by atoms with Crippen molar-refractivity contribution in [3.63, 3.8) is 0 Å². The minimum atomic E-state index is -0.385. The van der Waals surface area contributed by atoms with Gasteiger partial charge in [-0.25, -0.2) is 4.79 Å². The Morgan fingerprint density at radius 1 is 1.00 bits per heavy atom. The second-order valence-corrected chi connectivity index (χ2v) is 6.25. The van der Waals surface area contributed by atoms with Gasteiger partial charge in [-0.2, -0.15) is 0 Å². The molecule has 0 unspecified atom stereocenters. The minimum absolute atomic E-state index is 0.263. The molecule has 3 aromatic rings. The number of para-hydroxylation sites is 1. The zero-order chi connectivity index (χ0) is 18.1. The fourth-order valence-electron chi connectivity index (χ4n) is 3.29. The Hall–Kier alpha value is -3.34. The lowest BCUT2D eigenvalue weighted by atomic mass is 10.1. The monoisotopic (exact) mass is 345 g/mol. The van der Waals surface area contributed by atoms with Crippen molar-refractivity contribution in [2.24, 2.45) is 0 Å². The molecule has 130 valence electrons. The van der Waals surface area contributed by atoms with Gasteiger partial charge in [0.15, 0.2) is 0 Å². The molecule has 5 heteroatoms. The average Bonchev–Trinajstić information content (AvgIpc) is 3.15. The first-order valence-electron chi connectivity index (χ1n) is 8.63. The topological polar surface area (TPSA) is 54.3 Å².